The van der Waals surface area contributed by atoms with E-state index in [9.17, 15) is 4.79 Å². The number of ketones is 1. The molecule has 1 N–H and O–H groups in total. The third kappa shape index (κ3) is 2.34. The molecule has 116 valence electrons. The van der Waals surface area contributed by atoms with Crippen LogP contribution in [0, 0.1) is 11.3 Å². The SMILES string of the molecule is N#Cc1ccc(C(=O)/C=C2\Nc3ccccc3C3=NCCN32)cc1. The van der Waals surface area contributed by atoms with Crippen molar-refractivity contribution in [3.8, 4) is 6.07 Å². The lowest BCUT2D eigenvalue weighted by Crippen LogP contribution is -2.36. The van der Waals surface area contributed by atoms with Crippen LogP contribution in [0.25, 0.3) is 0 Å². The Morgan fingerprint density at radius 3 is 2.79 bits per heavy atom. The van der Waals surface area contributed by atoms with Crippen LogP contribution in [0.2, 0.25) is 0 Å². The van der Waals surface area contributed by atoms with Crippen molar-refractivity contribution in [2.45, 2.75) is 0 Å². The summed E-state index contributed by atoms with van der Waals surface area (Å²) in [6, 6.07) is 16.6. The summed E-state index contributed by atoms with van der Waals surface area (Å²) in [5, 5.41) is 12.2. The number of amidine groups is 1. The molecular formula is C19H14N4O. The van der Waals surface area contributed by atoms with Crippen LogP contribution in [0.1, 0.15) is 21.5 Å². The fraction of sp³-hybridized carbons (Fsp3) is 0.105. The van der Waals surface area contributed by atoms with E-state index in [4.69, 9.17) is 5.26 Å². The van der Waals surface area contributed by atoms with Crippen LogP contribution in [0.4, 0.5) is 5.69 Å². The van der Waals surface area contributed by atoms with Crippen LogP contribution >= 0.6 is 0 Å². The highest BCUT2D eigenvalue weighted by molar-refractivity contribution is 6.10. The Morgan fingerprint density at radius 2 is 2.00 bits per heavy atom. The van der Waals surface area contributed by atoms with Gasteiger partial charge < -0.3 is 10.2 Å². The Kier molecular flexibility index (Phi) is 3.36. The van der Waals surface area contributed by atoms with Gasteiger partial charge in [0.15, 0.2) is 5.78 Å². The molecule has 2 aromatic rings. The number of fused-ring (bicyclic) bond motifs is 3. The minimum Gasteiger partial charge on any atom is -0.341 e. The summed E-state index contributed by atoms with van der Waals surface area (Å²) >= 11 is 0. The Balaban J connectivity index is 1.69. The van der Waals surface area contributed by atoms with Gasteiger partial charge in [-0.05, 0) is 36.4 Å². The third-order valence-electron chi connectivity index (χ3n) is 4.13. The zero-order chi connectivity index (χ0) is 16.5. The van der Waals surface area contributed by atoms with E-state index in [0.29, 0.717) is 17.7 Å². The molecule has 0 atom stereocenters. The molecule has 0 spiro atoms. The van der Waals surface area contributed by atoms with Crippen molar-refractivity contribution in [2.24, 2.45) is 4.99 Å². The lowest BCUT2D eigenvalue weighted by atomic mass is 10.1. The minimum absolute atomic E-state index is 0.104. The second-order valence-corrected chi connectivity index (χ2v) is 5.61. The smallest absolute Gasteiger partial charge is 0.189 e. The molecule has 2 aromatic carbocycles. The highest BCUT2D eigenvalue weighted by atomic mass is 16.1. The van der Waals surface area contributed by atoms with E-state index >= 15 is 0 Å². The summed E-state index contributed by atoms with van der Waals surface area (Å²) in [7, 11) is 0. The van der Waals surface area contributed by atoms with E-state index in [0.717, 1.165) is 29.5 Å². The lowest BCUT2D eigenvalue weighted by molar-refractivity contribution is 0.104. The van der Waals surface area contributed by atoms with Crippen molar-refractivity contribution < 1.29 is 4.79 Å². The molecule has 0 saturated heterocycles. The maximum atomic E-state index is 12.5. The molecule has 24 heavy (non-hydrogen) atoms. The molecule has 0 saturated carbocycles. The van der Waals surface area contributed by atoms with Crippen LogP contribution in [-0.4, -0.2) is 29.6 Å². The number of allylic oxidation sites excluding steroid dienone is 1. The lowest BCUT2D eigenvalue weighted by Gasteiger charge is -2.31. The number of nitrogens with one attached hydrogen (secondary N) is 1. The molecule has 0 radical (unpaired) electrons. The summed E-state index contributed by atoms with van der Waals surface area (Å²) in [5.41, 5.74) is 3.10. The van der Waals surface area contributed by atoms with Crippen LogP contribution < -0.4 is 5.32 Å². The maximum absolute atomic E-state index is 12.5. The van der Waals surface area contributed by atoms with Gasteiger partial charge >= 0.3 is 0 Å². The molecular weight excluding hydrogens is 300 g/mol. The topological polar surface area (TPSA) is 68.5 Å². The number of carbonyl (C=O) groups excluding carboxylic acids is 1. The fourth-order valence-electron chi connectivity index (χ4n) is 2.94. The van der Waals surface area contributed by atoms with E-state index in [2.05, 4.69) is 16.4 Å². The molecule has 2 aliphatic heterocycles. The number of nitrogens with zero attached hydrogens (tertiary/aromatic N) is 3. The third-order valence-corrected chi connectivity index (χ3v) is 4.13. The number of nitriles is 1. The molecule has 0 amide bonds. The van der Waals surface area contributed by atoms with Crippen LogP contribution in [0.3, 0.4) is 0 Å². The summed E-state index contributed by atoms with van der Waals surface area (Å²) in [6.07, 6.45) is 1.60. The van der Waals surface area contributed by atoms with Crippen LogP contribution in [-0.2, 0) is 0 Å². The number of hydrogen-bond donors (Lipinski definition) is 1. The van der Waals surface area contributed by atoms with Gasteiger partial charge in [0.1, 0.15) is 11.7 Å². The quantitative estimate of drug-likeness (QED) is 0.683. The summed E-state index contributed by atoms with van der Waals surface area (Å²) < 4.78 is 0. The Bertz CT molecular complexity index is 919. The van der Waals surface area contributed by atoms with Gasteiger partial charge in [0, 0.05) is 23.7 Å². The highest BCUT2D eigenvalue weighted by Crippen LogP contribution is 2.29. The van der Waals surface area contributed by atoms with Crippen LogP contribution in [0.15, 0.2) is 65.4 Å². The maximum Gasteiger partial charge on any atom is 0.189 e. The normalized spacial score (nSPS) is 16.7. The number of carbonyl (C=O) groups is 1. The molecule has 5 heteroatoms. The summed E-state index contributed by atoms with van der Waals surface area (Å²) in [4.78, 5) is 19.1. The van der Waals surface area contributed by atoms with E-state index in [1.54, 1.807) is 30.3 Å². The predicted molar refractivity (Wildman–Crippen MR) is 91.7 cm³/mol. The zero-order valence-corrected chi connectivity index (χ0v) is 12.9. The largest absolute Gasteiger partial charge is 0.341 e. The van der Waals surface area contributed by atoms with Gasteiger partial charge in [0.25, 0.3) is 0 Å². The average molecular weight is 314 g/mol. The average Bonchev–Trinajstić information content (AvgIpc) is 3.12. The first-order chi connectivity index (χ1) is 11.8. The summed E-state index contributed by atoms with van der Waals surface area (Å²) in [6.45, 7) is 1.47. The van der Waals surface area contributed by atoms with E-state index in [1.165, 1.54) is 0 Å². The van der Waals surface area contributed by atoms with Gasteiger partial charge in [0.05, 0.1) is 23.9 Å². The monoisotopic (exact) mass is 314 g/mol. The molecule has 0 bridgehead atoms. The predicted octanol–water partition coefficient (Wildman–Crippen LogP) is 2.77. The number of benzene rings is 2. The molecule has 0 unspecified atom stereocenters. The van der Waals surface area contributed by atoms with Crippen molar-refractivity contribution in [3.63, 3.8) is 0 Å². The molecule has 5 nitrogen and oxygen atoms in total. The van der Waals surface area contributed by atoms with E-state index < -0.39 is 0 Å². The van der Waals surface area contributed by atoms with Gasteiger partial charge in [-0.25, -0.2) is 0 Å². The first kappa shape index (κ1) is 14.2. The summed E-state index contributed by atoms with van der Waals surface area (Å²) in [5.74, 6) is 1.54. The zero-order valence-electron chi connectivity index (χ0n) is 12.9. The van der Waals surface area contributed by atoms with Gasteiger partial charge in [-0.15, -0.1) is 0 Å². The molecule has 4 rings (SSSR count). The second-order valence-electron chi connectivity index (χ2n) is 5.61. The standard InChI is InChI=1S/C19H14N4O/c20-12-13-5-7-14(8-6-13)17(24)11-18-22-16-4-2-1-3-15(16)19-21-9-10-23(18)19/h1-8,11,22H,9-10H2/b18-11+. The molecule has 0 aliphatic carbocycles. The Labute approximate surface area is 139 Å². The molecule has 2 aliphatic rings. The van der Waals surface area contributed by atoms with Crippen molar-refractivity contribution in [3.05, 3.63) is 77.1 Å². The fourth-order valence-corrected chi connectivity index (χ4v) is 2.94. The van der Waals surface area contributed by atoms with Crippen molar-refractivity contribution in [1.82, 2.24) is 4.90 Å². The van der Waals surface area contributed by atoms with Crippen molar-refractivity contribution in [2.75, 3.05) is 18.4 Å². The minimum atomic E-state index is -0.104. The molecule has 0 fully saturated rings. The van der Waals surface area contributed by atoms with Crippen molar-refractivity contribution >= 4 is 17.3 Å². The van der Waals surface area contributed by atoms with Gasteiger partial charge in [-0.2, -0.15) is 5.26 Å². The van der Waals surface area contributed by atoms with Gasteiger partial charge in [0.2, 0.25) is 0 Å². The second kappa shape index (κ2) is 5.67. The number of para-hydroxylation sites is 1. The Hall–Kier alpha value is -3.39. The molecule has 0 aromatic heterocycles. The van der Waals surface area contributed by atoms with E-state index in [-0.39, 0.29) is 5.78 Å². The molecule has 2 heterocycles. The number of anilines is 1. The van der Waals surface area contributed by atoms with Gasteiger partial charge in [-0.3, -0.25) is 9.79 Å². The first-order valence-corrected chi connectivity index (χ1v) is 7.71. The number of hydrogen-bond acceptors (Lipinski definition) is 5. The number of aliphatic imine (C=N–C) groups is 1. The first-order valence-electron chi connectivity index (χ1n) is 7.71. The number of rotatable bonds is 2. The van der Waals surface area contributed by atoms with E-state index in [1.807, 2.05) is 29.2 Å². The van der Waals surface area contributed by atoms with Gasteiger partial charge in [-0.1, -0.05) is 12.1 Å². The van der Waals surface area contributed by atoms with Crippen molar-refractivity contribution in [1.29, 1.82) is 5.26 Å². The van der Waals surface area contributed by atoms with Crippen LogP contribution in [0.5, 0.6) is 0 Å². The Morgan fingerprint density at radius 1 is 1.21 bits per heavy atom. The highest BCUT2D eigenvalue weighted by Gasteiger charge is 2.29.